The molecular formula is C13H15BrF2N2. The summed E-state index contributed by atoms with van der Waals surface area (Å²) in [6.07, 6.45) is -0.225. The van der Waals surface area contributed by atoms with E-state index in [2.05, 4.69) is 22.5 Å². The molecule has 98 valence electrons. The van der Waals surface area contributed by atoms with Crippen LogP contribution >= 0.6 is 15.9 Å². The summed E-state index contributed by atoms with van der Waals surface area (Å²) >= 11 is 3.42. The molecule has 0 saturated carbocycles. The fourth-order valence-corrected chi connectivity index (χ4v) is 2.66. The lowest BCUT2D eigenvalue weighted by Crippen LogP contribution is -2.38. The number of hydrogen-bond acceptors (Lipinski definition) is 2. The minimum atomic E-state index is -2.53. The zero-order chi connectivity index (χ0) is 13.3. The van der Waals surface area contributed by atoms with Crippen molar-refractivity contribution in [3.63, 3.8) is 0 Å². The maximum Gasteiger partial charge on any atom is 0.251 e. The average molecular weight is 317 g/mol. The van der Waals surface area contributed by atoms with Crippen molar-refractivity contribution in [1.29, 1.82) is 0 Å². The number of alkyl halides is 2. The zero-order valence-electron chi connectivity index (χ0n) is 9.93. The molecule has 0 bridgehead atoms. The molecule has 5 heteroatoms. The topological polar surface area (TPSA) is 29.3 Å². The minimum absolute atomic E-state index is 0.112. The molecule has 2 rings (SSSR count). The third-order valence-electron chi connectivity index (χ3n) is 3.18. The van der Waals surface area contributed by atoms with Crippen LogP contribution < -0.4 is 5.73 Å². The van der Waals surface area contributed by atoms with Crippen LogP contribution in [0.1, 0.15) is 18.4 Å². The number of hydrogen-bond donors (Lipinski definition) is 1. The quantitative estimate of drug-likeness (QED) is 0.842. The van der Waals surface area contributed by atoms with E-state index in [1.807, 2.05) is 11.0 Å². The Balaban J connectivity index is 2.13. The van der Waals surface area contributed by atoms with Gasteiger partial charge in [0.25, 0.3) is 5.92 Å². The van der Waals surface area contributed by atoms with Crippen molar-refractivity contribution in [3.8, 4) is 0 Å². The average Bonchev–Trinajstić information content (AvgIpc) is 2.28. The first-order valence-corrected chi connectivity index (χ1v) is 6.55. The van der Waals surface area contributed by atoms with E-state index in [-0.39, 0.29) is 12.8 Å². The molecule has 1 fully saturated rings. The van der Waals surface area contributed by atoms with Gasteiger partial charge in [-0.3, -0.25) is 0 Å². The second-order valence-electron chi connectivity index (χ2n) is 4.53. The van der Waals surface area contributed by atoms with Crippen molar-refractivity contribution in [1.82, 2.24) is 4.90 Å². The van der Waals surface area contributed by atoms with Gasteiger partial charge >= 0.3 is 0 Å². The first kappa shape index (κ1) is 13.3. The Morgan fingerprint density at radius 3 is 2.50 bits per heavy atom. The Morgan fingerprint density at radius 1 is 1.33 bits per heavy atom. The van der Waals surface area contributed by atoms with Crippen molar-refractivity contribution < 1.29 is 8.78 Å². The number of benzene rings is 1. The summed E-state index contributed by atoms with van der Waals surface area (Å²) in [4.78, 5) is 1.90. The van der Waals surface area contributed by atoms with E-state index in [0.29, 0.717) is 18.8 Å². The van der Waals surface area contributed by atoms with Gasteiger partial charge in [0, 0.05) is 47.4 Å². The lowest BCUT2D eigenvalue weighted by molar-refractivity contribution is -0.0450. The van der Waals surface area contributed by atoms with Crippen LogP contribution in [0.3, 0.4) is 0 Å². The van der Waals surface area contributed by atoms with Gasteiger partial charge in [0.1, 0.15) is 0 Å². The first-order chi connectivity index (χ1) is 8.39. The highest BCUT2D eigenvalue weighted by atomic mass is 79.9. The van der Waals surface area contributed by atoms with Gasteiger partial charge in [0.05, 0.1) is 0 Å². The monoisotopic (exact) mass is 316 g/mol. The molecule has 2 nitrogen and oxygen atoms in total. The minimum Gasteiger partial charge on any atom is -0.399 e. The first-order valence-electron chi connectivity index (χ1n) is 5.76. The largest absolute Gasteiger partial charge is 0.399 e. The highest BCUT2D eigenvalue weighted by Crippen LogP contribution is 2.33. The van der Waals surface area contributed by atoms with Crippen LogP contribution in [0.15, 0.2) is 29.3 Å². The standard InChI is InChI=1S/C13H15BrF2N2/c1-9(11-3-2-10(17)8-12(11)14)18-6-4-13(15,16)5-7-18/h2-3,8H,1,4-7,17H2. The fraction of sp³-hybridized carbons (Fsp3) is 0.385. The second kappa shape index (κ2) is 4.88. The van der Waals surface area contributed by atoms with E-state index < -0.39 is 5.92 Å². The number of anilines is 1. The molecule has 1 aromatic rings. The molecule has 1 aromatic carbocycles. The van der Waals surface area contributed by atoms with Crippen LogP contribution in [0.5, 0.6) is 0 Å². The molecule has 0 aliphatic carbocycles. The number of nitrogens with two attached hydrogens (primary N) is 1. The number of piperidine rings is 1. The van der Waals surface area contributed by atoms with Crippen molar-refractivity contribution in [3.05, 3.63) is 34.8 Å². The van der Waals surface area contributed by atoms with Crippen LogP contribution in [0.2, 0.25) is 0 Å². The van der Waals surface area contributed by atoms with E-state index in [1.165, 1.54) is 0 Å². The smallest absolute Gasteiger partial charge is 0.251 e. The summed E-state index contributed by atoms with van der Waals surface area (Å²) in [5, 5.41) is 0. The predicted molar refractivity (Wildman–Crippen MR) is 73.3 cm³/mol. The third kappa shape index (κ3) is 2.83. The van der Waals surface area contributed by atoms with E-state index >= 15 is 0 Å². The van der Waals surface area contributed by atoms with Gasteiger partial charge < -0.3 is 10.6 Å². The van der Waals surface area contributed by atoms with Gasteiger partial charge in [-0.1, -0.05) is 22.5 Å². The van der Waals surface area contributed by atoms with E-state index in [1.54, 1.807) is 12.1 Å². The molecule has 18 heavy (non-hydrogen) atoms. The Bertz CT molecular complexity index is 464. The molecule has 0 atom stereocenters. The molecule has 0 spiro atoms. The SMILES string of the molecule is C=C(c1ccc(N)cc1Br)N1CCC(F)(F)CC1. The van der Waals surface area contributed by atoms with Gasteiger partial charge in [0.2, 0.25) is 0 Å². The lowest BCUT2D eigenvalue weighted by atomic mass is 10.0. The molecule has 1 aliphatic heterocycles. The van der Waals surface area contributed by atoms with Gasteiger partial charge in [-0.25, -0.2) is 8.78 Å². The number of nitrogen functional groups attached to an aromatic ring is 1. The molecule has 2 N–H and O–H groups in total. The fourth-order valence-electron chi connectivity index (χ4n) is 2.04. The van der Waals surface area contributed by atoms with Crippen LogP contribution in [-0.4, -0.2) is 23.9 Å². The Hall–Kier alpha value is -1.10. The molecule has 0 radical (unpaired) electrons. The zero-order valence-corrected chi connectivity index (χ0v) is 11.5. The van der Waals surface area contributed by atoms with Gasteiger partial charge in [-0.15, -0.1) is 0 Å². The van der Waals surface area contributed by atoms with Crippen LogP contribution in [0.25, 0.3) is 5.70 Å². The van der Waals surface area contributed by atoms with E-state index in [0.717, 1.165) is 15.7 Å². The van der Waals surface area contributed by atoms with E-state index in [4.69, 9.17) is 5.73 Å². The number of halogens is 3. The number of nitrogens with zero attached hydrogens (tertiary/aromatic N) is 1. The van der Waals surface area contributed by atoms with Gasteiger partial charge in [-0.2, -0.15) is 0 Å². The highest BCUT2D eigenvalue weighted by molar-refractivity contribution is 9.10. The van der Waals surface area contributed by atoms with Gasteiger partial charge in [0.15, 0.2) is 0 Å². The van der Waals surface area contributed by atoms with Crippen molar-refractivity contribution >= 4 is 27.3 Å². The summed E-state index contributed by atoms with van der Waals surface area (Å²) in [5.74, 6) is -2.53. The molecule has 0 unspecified atom stereocenters. The van der Waals surface area contributed by atoms with Crippen LogP contribution in [0.4, 0.5) is 14.5 Å². The number of rotatable bonds is 2. The summed E-state index contributed by atoms with van der Waals surface area (Å²) in [6, 6.07) is 5.43. The van der Waals surface area contributed by atoms with Crippen LogP contribution in [-0.2, 0) is 0 Å². The van der Waals surface area contributed by atoms with Gasteiger partial charge in [-0.05, 0) is 18.2 Å². The molecule has 1 aliphatic rings. The van der Waals surface area contributed by atoms with Crippen molar-refractivity contribution in [2.45, 2.75) is 18.8 Å². The van der Waals surface area contributed by atoms with Crippen molar-refractivity contribution in [2.24, 2.45) is 0 Å². The summed E-state index contributed by atoms with van der Waals surface area (Å²) in [5.41, 5.74) is 7.98. The highest BCUT2D eigenvalue weighted by Gasteiger charge is 2.34. The van der Waals surface area contributed by atoms with E-state index in [9.17, 15) is 8.78 Å². The molecule has 0 aromatic heterocycles. The molecule has 0 amide bonds. The number of likely N-dealkylation sites (tertiary alicyclic amines) is 1. The van der Waals surface area contributed by atoms with Crippen molar-refractivity contribution in [2.75, 3.05) is 18.8 Å². The summed E-state index contributed by atoms with van der Waals surface area (Å²) in [6.45, 7) is 4.67. The Morgan fingerprint density at radius 2 is 1.94 bits per heavy atom. The second-order valence-corrected chi connectivity index (χ2v) is 5.38. The third-order valence-corrected chi connectivity index (χ3v) is 3.84. The predicted octanol–water partition coefficient (Wildman–Crippen LogP) is 3.73. The Labute approximate surface area is 114 Å². The normalized spacial score (nSPS) is 18.7. The maximum absolute atomic E-state index is 13.1. The molecular weight excluding hydrogens is 302 g/mol. The Kier molecular flexibility index (Phi) is 3.61. The van der Waals surface area contributed by atoms with Crippen LogP contribution in [0, 0.1) is 0 Å². The molecule has 1 saturated heterocycles. The molecule has 1 heterocycles. The lowest BCUT2D eigenvalue weighted by Gasteiger charge is -2.34. The summed E-state index contributed by atoms with van der Waals surface area (Å²) in [7, 11) is 0. The summed E-state index contributed by atoms with van der Waals surface area (Å²) < 4.78 is 27.0. The maximum atomic E-state index is 13.1.